The van der Waals surface area contributed by atoms with E-state index in [4.69, 9.17) is 9.73 Å². The van der Waals surface area contributed by atoms with Crippen LogP contribution in [-0.2, 0) is 6.54 Å². The van der Waals surface area contributed by atoms with Crippen LogP contribution in [0.15, 0.2) is 47.6 Å². The van der Waals surface area contributed by atoms with Gasteiger partial charge >= 0.3 is 0 Å². The van der Waals surface area contributed by atoms with Crippen LogP contribution in [0.25, 0.3) is 0 Å². The Bertz CT molecular complexity index is 854. The molecule has 0 radical (unpaired) electrons. The van der Waals surface area contributed by atoms with Crippen molar-refractivity contribution in [2.45, 2.75) is 52.0 Å². The number of pyridine rings is 1. The number of hydrogen-bond donors (Lipinski definition) is 3. The van der Waals surface area contributed by atoms with E-state index in [0.29, 0.717) is 18.2 Å². The smallest absolute Gasteiger partial charge is 0.224 e. The SMILES string of the molecule is CCNC(=NCc1cccnc1Oc1cccc(F)c1)NCC1(CCO)CCCCC1.I. The Hall–Kier alpha value is -1.94. The van der Waals surface area contributed by atoms with Crippen molar-refractivity contribution in [3.05, 3.63) is 54.0 Å². The van der Waals surface area contributed by atoms with E-state index in [-0.39, 0.29) is 41.8 Å². The van der Waals surface area contributed by atoms with Crippen molar-refractivity contribution in [3.8, 4) is 11.6 Å². The highest BCUT2D eigenvalue weighted by Gasteiger charge is 2.31. The Kier molecular flexibility index (Phi) is 11.2. The standard InChI is InChI=1S/C24H33FN4O2.HI/c1-2-26-23(29-18-24(13-15-30)11-4-3-5-12-24)28-17-19-8-7-14-27-22(19)31-21-10-6-9-20(25)16-21;/h6-10,14,16,30H,2-5,11-13,15,17-18H2,1H3,(H2,26,28,29);1H. The third-order valence-corrected chi connectivity index (χ3v) is 5.80. The summed E-state index contributed by atoms with van der Waals surface area (Å²) in [5, 5.41) is 16.3. The maximum Gasteiger partial charge on any atom is 0.224 e. The predicted octanol–water partition coefficient (Wildman–Crippen LogP) is 5.02. The minimum Gasteiger partial charge on any atom is -0.439 e. The first-order valence-corrected chi connectivity index (χ1v) is 11.1. The number of rotatable bonds is 9. The Morgan fingerprint density at radius 3 is 2.72 bits per heavy atom. The molecule has 32 heavy (non-hydrogen) atoms. The molecule has 6 nitrogen and oxygen atoms in total. The molecule has 1 aliphatic rings. The lowest BCUT2D eigenvalue weighted by atomic mass is 9.72. The molecule has 0 amide bonds. The monoisotopic (exact) mass is 556 g/mol. The van der Waals surface area contributed by atoms with Gasteiger partial charge in [0, 0.05) is 37.5 Å². The maximum atomic E-state index is 13.5. The Balaban J connectivity index is 0.00000363. The average Bonchev–Trinajstić information content (AvgIpc) is 2.77. The lowest BCUT2D eigenvalue weighted by molar-refractivity contribution is 0.131. The summed E-state index contributed by atoms with van der Waals surface area (Å²) in [5.74, 6) is 1.19. The zero-order chi connectivity index (χ0) is 21.9. The molecule has 0 bridgehead atoms. The van der Waals surface area contributed by atoms with Gasteiger partial charge < -0.3 is 20.5 Å². The fourth-order valence-corrected chi connectivity index (χ4v) is 4.11. The molecule has 0 saturated heterocycles. The molecule has 1 aliphatic carbocycles. The van der Waals surface area contributed by atoms with Crippen LogP contribution in [0.4, 0.5) is 4.39 Å². The van der Waals surface area contributed by atoms with Crippen molar-refractivity contribution in [3.63, 3.8) is 0 Å². The Labute approximate surface area is 207 Å². The van der Waals surface area contributed by atoms with Gasteiger partial charge in [0.05, 0.1) is 6.54 Å². The summed E-state index contributed by atoms with van der Waals surface area (Å²) in [6.07, 6.45) is 8.43. The quantitative estimate of drug-likeness (QED) is 0.230. The molecule has 1 aromatic heterocycles. The first kappa shape index (κ1) is 26.3. The van der Waals surface area contributed by atoms with Crippen LogP contribution in [0.5, 0.6) is 11.6 Å². The zero-order valence-electron chi connectivity index (χ0n) is 18.6. The summed E-state index contributed by atoms with van der Waals surface area (Å²) in [5.41, 5.74) is 0.940. The fourth-order valence-electron chi connectivity index (χ4n) is 4.11. The van der Waals surface area contributed by atoms with Crippen molar-refractivity contribution in [2.75, 3.05) is 19.7 Å². The first-order valence-electron chi connectivity index (χ1n) is 11.1. The minimum absolute atomic E-state index is 0. The third kappa shape index (κ3) is 7.88. The summed E-state index contributed by atoms with van der Waals surface area (Å²) in [4.78, 5) is 9.02. The number of aliphatic imine (C=N–C) groups is 1. The van der Waals surface area contributed by atoms with Gasteiger partial charge in [-0.1, -0.05) is 31.4 Å². The van der Waals surface area contributed by atoms with E-state index >= 15 is 0 Å². The molecule has 0 unspecified atom stereocenters. The number of aliphatic hydroxyl groups is 1. The Morgan fingerprint density at radius 2 is 2.00 bits per heavy atom. The summed E-state index contributed by atoms with van der Waals surface area (Å²) < 4.78 is 19.3. The third-order valence-electron chi connectivity index (χ3n) is 5.80. The number of ether oxygens (including phenoxy) is 1. The molecule has 1 fully saturated rings. The van der Waals surface area contributed by atoms with E-state index in [1.165, 1.54) is 31.4 Å². The number of aromatic nitrogens is 1. The van der Waals surface area contributed by atoms with Crippen molar-refractivity contribution in [1.82, 2.24) is 15.6 Å². The second kappa shape index (κ2) is 13.6. The molecule has 8 heteroatoms. The number of nitrogens with one attached hydrogen (secondary N) is 2. The molecule has 1 heterocycles. The maximum absolute atomic E-state index is 13.5. The van der Waals surface area contributed by atoms with Gasteiger partial charge in [0.25, 0.3) is 0 Å². The van der Waals surface area contributed by atoms with Crippen LogP contribution in [0.2, 0.25) is 0 Å². The molecule has 3 rings (SSSR count). The summed E-state index contributed by atoms with van der Waals surface area (Å²) in [6, 6.07) is 9.75. The molecule has 176 valence electrons. The number of halogens is 2. The van der Waals surface area contributed by atoms with Crippen molar-refractivity contribution < 1.29 is 14.2 Å². The van der Waals surface area contributed by atoms with Gasteiger partial charge in [-0.3, -0.25) is 0 Å². The van der Waals surface area contributed by atoms with E-state index in [9.17, 15) is 9.50 Å². The van der Waals surface area contributed by atoms with E-state index in [1.807, 2.05) is 19.1 Å². The van der Waals surface area contributed by atoms with Gasteiger partial charge in [-0.15, -0.1) is 24.0 Å². The Morgan fingerprint density at radius 1 is 1.19 bits per heavy atom. The van der Waals surface area contributed by atoms with E-state index in [1.54, 1.807) is 18.3 Å². The second-order valence-electron chi connectivity index (χ2n) is 8.11. The van der Waals surface area contributed by atoms with Crippen LogP contribution >= 0.6 is 24.0 Å². The van der Waals surface area contributed by atoms with Crippen LogP contribution in [0, 0.1) is 11.2 Å². The van der Waals surface area contributed by atoms with Crippen LogP contribution in [-0.4, -0.2) is 35.7 Å². The minimum atomic E-state index is -0.355. The van der Waals surface area contributed by atoms with Gasteiger partial charge in [-0.05, 0) is 49.8 Å². The molecule has 0 aliphatic heterocycles. The topological polar surface area (TPSA) is 78.8 Å². The van der Waals surface area contributed by atoms with Crippen LogP contribution in [0.3, 0.4) is 0 Å². The van der Waals surface area contributed by atoms with Crippen LogP contribution < -0.4 is 15.4 Å². The summed E-state index contributed by atoms with van der Waals surface area (Å²) in [7, 11) is 0. The predicted molar refractivity (Wildman–Crippen MR) is 136 cm³/mol. The molecule has 2 aromatic rings. The lowest BCUT2D eigenvalue weighted by Gasteiger charge is -2.37. The van der Waals surface area contributed by atoms with E-state index in [2.05, 4.69) is 15.6 Å². The highest BCUT2D eigenvalue weighted by atomic mass is 127. The van der Waals surface area contributed by atoms with E-state index in [0.717, 1.165) is 43.9 Å². The number of benzene rings is 1. The van der Waals surface area contributed by atoms with Gasteiger partial charge in [0.15, 0.2) is 5.96 Å². The number of aliphatic hydroxyl groups excluding tert-OH is 1. The van der Waals surface area contributed by atoms with Crippen molar-refractivity contribution in [2.24, 2.45) is 10.4 Å². The number of nitrogens with zero attached hydrogens (tertiary/aromatic N) is 2. The number of hydrogen-bond acceptors (Lipinski definition) is 4. The second-order valence-corrected chi connectivity index (χ2v) is 8.11. The normalized spacial score (nSPS) is 15.5. The molecular formula is C24H34FIN4O2. The molecule has 1 saturated carbocycles. The molecule has 3 N–H and O–H groups in total. The number of guanidine groups is 1. The molecule has 1 aromatic carbocycles. The van der Waals surface area contributed by atoms with Crippen molar-refractivity contribution >= 4 is 29.9 Å². The lowest BCUT2D eigenvalue weighted by Crippen LogP contribution is -2.44. The molecular weight excluding hydrogens is 522 g/mol. The van der Waals surface area contributed by atoms with E-state index < -0.39 is 0 Å². The van der Waals surface area contributed by atoms with Gasteiger partial charge in [-0.25, -0.2) is 14.4 Å². The van der Waals surface area contributed by atoms with Crippen molar-refractivity contribution in [1.29, 1.82) is 0 Å². The molecule has 0 spiro atoms. The average molecular weight is 556 g/mol. The largest absolute Gasteiger partial charge is 0.439 e. The summed E-state index contributed by atoms with van der Waals surface area (Å²) >= 11 is 0. The first-order chi connectivity index (χ1) is 15.1. The zero-order valence-corrected chi connectivity index (χ0v) is 21.0. The summed E-state index contributed by atoms with van der Waals surface area (Å²) in [6.45, 7) is 4.16. The van der Waals surface area contributed by atoms with Crippen LogP contribution in [0.1, 0.15) is 51.0 Å². The van der Waals surface area contributed by atoms with Gasteiger partial charge in [-0.2, -0.15) is 0 Å². The highest BCUT2D eigenvalue weighted by Crippen LogP contribution is 2.38. The molecule has 0 atom stereocenters. The fraction of sp³-hybridized carbons (Fsp3) is 0.500. The highest BCUT2D eigenvalue weighted by molar-refractivity contribution is 14.0. The van der Waals surface area contributed by atoms with Gasteiger partial charge in [0.1, 0.15) is 11.6 Å². The van der Waals surface area contributed by atoms with Gasteiger partial charge in [0.2, 0.25) is 5.88 Å².